The van der Waals surface area contributed by atoms with Crippen molar-refractivity contribution < 1.29 is 4.74 Å². The summed E-state index contributed by atoms with van der Waals surface area (Å²) in [5.41, 5.74) is 1.78. The summed E-state index contributed by atoms with van der Waals surface area (Å²) in [7, 11) is 0. The third kappa shape index (κ3) is 2.29. The van der Waals surface area contributed by atoms with Gasteiger partial charge in [-0.05, 0) is 35.4 Å². The zero-order chi connectivity index (χ0) is 17.9. The van der Waals surface area contributed by atoms with Crippen LogP contribution in [0.5, 0.6) is 0 Å². The second kappa shape index (κ2) is 5.46. The van der Waals surface area contributed by atoms with E-state index in [2.05, 4.69) is 29.4 Å². The molecule has 1 aromatic carbocycles. The van der Waals surface area contributed by atoms with Crippen LogP contribution in [-0.2, 0) is 24.3 Å². The van der Waals surface area contributed by atoms with Crippen molar-refractivity contribution in [2.24, 2.45) is 0 Å². The van der Waals surface area contributed by atoms with Crippen molar-refractivity contribution in [3.05, 3.63) is 56.7 Å². The smallest absolute Gasteiger partial charge is 0.264 e. The van der Waals surface area contributed by atoms with Crippen molar-refractivity contribution in [2.75, 3.05) is 0 Å². The molecule has 3 aromatic heterocycles. The van der Waals surface area contributed by atoms with Crippen molar-refractivity contribution >= 4 is 27.3 Å². The number of benzene rings is 1. The molecule has 5 rings (SSSR count). The predicted molar refractivity (Wildman–Crippen MR) is 98.5 cm³/mol. The average molecular weight is 367 g/mol. The van der Waals surface area contributed by atoms with E-state index in [0.29, 0.717) is 25.4 Å². The van der Waals surface area contributed by atoms with Crippen LogP contribution in [0.1, 0.15) is 29.9 Å². The number of nitrogens with zero attached hydrogens (tertiary/aromatic N) is 5. The molecule has 132 valence electrons. The molecular formula is C18H17N5O2S. The lowest BCUT2D eigenvalue weighted by Crippen LogP contribution is -2.32. The third-order valence-electron chi connectivity index (χ3n) is 4.80. The van der Waals surface area contributed by atoms with Crippen LogP contribution in [0, 0.1) is 0 Å². The molecule has 0 radical (unpaired) electrons. The normalized spacial score (nSPS) is 16.2. The van der Waals surface area contributed by atoms with Crippen LogP contribution in [0.4, 0.5) is 0 Å². The maximum atomic E-state index is 13.4. The lowest BCUT2D eigenvalue weighted by Gasteiger charge is -2.29. The minimum Gasteiger partial charge on any atom is -0.370 e. The molecule has 0 bridgehead atoms. The van der Waals surface area contributed by atoms with E-state index in [-0.39, 0.29) is 11.2 Å². The second-order valence-corrected chi connectivity index (χ2v) is 8.26. The standard InChI is InChI=1S/C18H17N5O2S/c1-18(2)8-12-13(10-25-18)26-16-14(12)15(24)22(17-19-20-21-23(16)17)9-11-6-4-3-5-7-11/h3-7H,8-10H2,1-2H3. The highest BCUT2D eigenvalue weighted by Gasteiger charge is 2.31. The molecule has 0 amide bonds. The van der Waals surface area contributed by atoms with Gasteiger partial charge in [-0.1, -0.05) is 35.4 Å². The number of hydrogen-bond donors (Lipinski definition) is 0. The van der Waals surface area contributed by atoms with Gasteiger partial charge in [-0.25, -0.2) is 0 Å². The molecule has 26 heavy (non-hydrogen) atoms. The van der Waals surface area contributed by atoms with Crippen LogP contribution >= 0.6 is 11.3 Å². The summed E-state index contributed by atoms with van der Waals surface area (Å²) in [5, 5.41) is 12.8. The van der Waals surface area contributed by atoms with E-state index in [9.17, 15) is 4.79 Å². The Labute approximate surface area is 152 Å². The van der Waals surface area contributed by atoms with Crippen LogP contribution in [0.2, 0.25) is 0 Å². The largest absolute Gasteiger partial charge is 0.370 e. The monoisotopic (exact) mass is 367 g/mol. The molecule has 8 heteroatoms. The number of tetrazole rings is 1. The van der Waals surface area contributed by atoms with Gasteiger partial charge in [0.25, 0.3) is 11.3 Å². The molecule has 4 heterocycles. The third-order valence-corrected chi connectivity index (χ3v) is 5.98. The molecule has 1 aliphatic heterocycles. The summed E-state index contributed by atoms with van der Waals surface area (Å²) < 4.78 is 9.26. The van der Waals surface area contributed by atoms with E-state index in [1.165, 1.54) is 0 Å². The summed E-state index contributed by atoms with van der Waals surface area (Å²) in [4.78, 5) is 15.3. The number of ether oxygens (including phenoxy) is 1. The quantitative estimate of drug-likeness (QED) is 0.544. The fourth-order valence-corrected chi connectivity index (χ4v) is 4.69. The molecular weight excluding hydrogens is 350 g/mol. The van der Waals surface area contributed by atoms with E-state index < -0.39 is 0 Å². The Morgan fingerprint density at radius 2 is 2.08 bits per heavy atom. The molecule has 0 N–H and O–H groups in total. The fraction of sp³-hybridized carbons (Fsp3) is 0.333. The maximum Gasteiger partial charge on any atom is 0.264 e. The highest BCUT2D eigenvalue weighted by molar-refractivity contribution is 7.18. The summed E-state index contributed by atoms with van der Waals surface area (Å²) in [6, 6.07) is 9.88. The number of aromatic nitrogens is 5. The number of hydrogen-bond acceptors (Lipinski definition) is 6. The SMILES string of the molecule is CC1(C)Cc2c(sc3c2c(=O)n(Cc2ccccc2)c2nnnn32)CO1. The summed E-state index contributed by atoms with van der Waals surface area (Å²) in [6.07, 6.45) is 0.705. The van der Waals surface area contributed by atoms with Crippen molar-refractivity contribution in [2.45, 2.75) is 39.0 Å². The van der Waals surface area contributed by atoms with Crippen molar-refractivity contribution in [1.29, 1.82) is 0 Å². The summed E-state index contributed by atoms with van der Waals surface area (Å²) >= 11 is 1.55. The Morgan fingerprint density at radius 1 is 1.27 bits per heavy atom. The Balaban J connectivity index is 1.81. The van der Waals surface area contributed by atoms with E-state index in [1.807, 2.05) is 30.3 Å². The molecule has 0 saturated carbocycles. The van der Waals surface area contributed by atoms with Crippen LogP contribution in [0.15, 0.2) is 35.1 Å². The number of fused-ring (bicyclic) bond motifs is 5. The molecule has 0 atom stereocenters. The fourth-order valence-electron chi connectivity index (χ4n) is 3.53. The molecule has 7 nitrogen and oxygen atoms in total. The van der Waals surface area contributed by atoms with Crippen LogP contribution in [0.3, 0.4) is 0 Å². The minimum absolute atomic E-state index is 0.0404. The lowest BCUT2D eigenvalue weighted by atomic mass is 9.94. The average Bonchev–Trinajstić information content (AvgIpc) is 3.23. The molecule has 1 aliphatic rings. The Hall–Kier alpha value is -2.58. The highest BCUT2D eigenvalue weighted by Crippen LogP contribution is 2.37. The minimum atomic E-state index is -0.284. The molecule has 0 aliphatic carbocycles. The van der Waals surface area contributed by atoms with E-state index >= 15 is 0 Å². The summed E-state index contributed by atoms with van der Waals surface area (Å²) in [5.74, 6) is 0.463. The Morgan fingerprint density at radius 3 is 2.88 bits per heavy atom. The predicted octanol–water partition coefficient (Wildman–Crippen LogP) is 2.40. The first kappa shape index (κ1) is 15.7. The van der Waals surface area contributed by atoms with Gasteiger partial charge in [-0.15, -0.1) is 11.3 Å². The molecule has 0 fully saturated rings. The Bertz CT molecular complexity index is 1190. The molecule has 4 aromatic rings. The van der Waals surface area contributed by atoms with Gasteiger partial charge in [0.2, 0.25) is 0 Å². The first-order chi connectivity index (χ1) is 12.5. The van der Waals surface area contributed by atoms with Gasteiger partial charge in [0, 0.05) is 11.3 Å². The topological polar surface area (TPSA) is 74.3 Å². The zero-order valence-corrected chi connectivity index (χ0v) is 15.3. The number of rotatable bonds is 2. The lowest BCUT2D eigenvalue weighted by molar-refractivity contribution is -0.0379. The van der Waals surface area contributed by atoms with Crippen molar-refractivity contribution in [1.82, 2.24) is 24.6 Å². The van der Waals surface area contributed by atoms with Crippen molar-refractivity contribution in [3.8, 4) is 0 Å². The van der Waals surface area contributed by atoms with Gasteiger partial charge in [-0.3, -0.25) is 9.36 Å². The maximum absolute atomic E-state index is 13.4. The van der Waals surface area contributed by atoms with Crippen LogP contribution < -0.4 is 5.56 Å². The Kier molecular flexibility index (Phi) is 3.29. The van der Waals surface area contributed by atoms with Crippen molar-refractivity contribution in [3.63, 3.8) is 0 Å². The zero-order valence-electron chi connectivity index (χ0n) is 14.5. The van der Waals surface area contributed by atoms with Gasteiger partial charge in [-0.2, -0.15) is 4.52 Å². The van der Waals surface area contributed by atoms with Gasteiger partial charge in [0.05, 0.1) is 24.1 Å². The molecule has 0 spiro atoms. The van der Waals surface area contributed by atoms with Crippen LogP contribution in [-0.4, -0.2) is 30.2 Å². The molecule has 0 unspecified atom stereocenters. The van der Waals surface area contributed by atoms with Gasteiger partial charge < -0.3 is 4.74 Å². The second-order valence-electron chi connectivity index (χ2n) is 7.18. The molecule has 0 saturated heterocycles. The number of thiophene rings is 1. The van der Waals surface area contributed by atoms with E-state index in [1.54, 1.807) is 20.4 Å². The van der Waals surface area contributed by atoms with E-state index in [4.69, 9.17) is 4.74 Å². The highest BCUT2D eigenvalue weighted by atomic mass is 32.1. The van der Waals surface area contributed by atoms with Gasteiger partial charge >= 0.3 is 0 Å². The van der Waals surface area contributed by atoms with Crippen LogP contribution in [0.25, 0.3) is 16.0 Å². The van der Waals surface area contributed by atoms with E-state index in [0.717, 1.165) is 26.2 Å². The summed E-state index contributed by atoms with van der Waals surface area (Å²) in [6.45, 7) is 5.06. The van der Waals surface area contributed by atoms with Gasteiger partial charge in [0.15, 0.2) is 0 Å². The first-order valence-electron chi connectivity index (χ1n) is 8.46. The van der Waals surface area contributed by atoms with Gasteiger partial charge in [0.1, 0.15) is 4.83 Å². The first-order valence-corrected chi connectivity index (χ1v) is 9.28.